The smallest absolute Gasteiger partial charge is 0.273 e. The van der Waals surface area contributed by atoms with E-state index in [2.05, 4.69) is 63.5 Å². The Labute approximate surface area is 268 Å². The van der Waals surface area contributed by atoms with Gasteiger partial charge in [-0.25, -0.2) is 9.98 Å². The Morgan fingerprint density at radius 1 is 1.02 bits per heavy atom. The molecule has 1 saturated heterocycles. The Bertz CT molecular complexity index is 1530. The summed E-state index contributed by atoms with van der Waals surface area (Å²) in [6, 6.07) is 8.12. The van der Waals surface area contributed by atoms with Crippen molar-refractivity contribution in [2.24, 2.45) is 10.4 Å². The van der Waals surface area contributed by atoms with Gasteiger partial charge in [0.2, 0.25) is 0 Å². The normalized spacial score (nSPS) is 18.5. The molecule has 2 aliphatic rings. The van der Waals surface area contributed by atoms with Crippen molar-refractivity contribution in [2.75, 3.05) is 36.0 Å². The van der Waals surface area contributed by atoms with E-state index in [4.69, 9.17) is 21.6 Å². The van der Waals surface area contributed by atoms with Crippen LogP contribution in [0.1, 0.15) is 88.5 Å². The molecule has 7 nitrogen and oxygen atoms in total. The average Bonchev–Trinajstić information content (AvgIpc) is 3.15. The van der Waals surface area contributed by atoms with E-state index in [0.29, 0.717) is 30.9 Å². The molecule has 0 saturated carbocycles. The number of allylic oxidation sites excluding steroid dienone is 2. The summed E-state index contributed by atoms with van der Waals surface area (Å²) >= 11 is 6.49. The van der Waals surface area contributed by atoms with Gasteiger partial charge in [0, 0.05) is 53.6 Å². The van der Waals surface area contributed by atoms with Crippen molar-refractivity contribution in [1.82, 2.24) is 9.88 Å². The predicted octanol–water partition coefficient (Wildman–Crippen LogP) is 7.87. The minimum Gasteiger partial charge on any atom is -0.352 e. The molecule has 8 heteroatoms. The number of benzene rings is 1. The number of ketones is 1. The van der Waals surface area contributed by atoms with Crippen LogP contribution in [0.15, 0.2) is 52.8 Å². The van der Waals surface area contributed by atoms with Gasteiger partial charge in [-0.15, -0.1) is 0 Å². The maximum Gasteiger partial charge on any atom is 0.273 e. The molecule has 2 aliphatic heterocycles. The molecule has 0 aliphatic carbocycles. The molecule has 0 radical (unpaired) electrons. The molecule has 0 unspecified atom stereocenters. The van der Waals surface area contributed by atoms with Crippen LogP contribution in [0.2, 0.25) is 5.02 Å². The molecule has 3 heterocycles. The lowest BCUT2D eigenvalue weighted by Gasteiger charge is -2.47. The minimum absolute atomic E-state index is 0.0271. The van der Waals surface area contributed by atoms with Crippen LogP contribution in [-0.4, -0.2) is 59.0 Å². The molecule has 0 bridgehead atoms. The highest BCUT2D eigenvalue weighted by atomic mass is 35.5. The van der Waals surface area contributed by atoms with Crippen LogP contribution in [0.4, 0.5) is 11.5 Å². The van der Waals surface area contributed by atoms with Gasteiger partial charge in [-0.05, 0) is 90.3 Å². The lowest BCUT2D eigenvalue weighted by molar-refractivity contribution is -0.129. The maximum atomic E-state index is 14.3. The third kappa shape index (κ3) is 6.78. The Morgan fingerprint density at radius 3 is 2.32 bits per heavy atom. The highest BCUT2D eigenvalue weighted by Crippen LogP contribution is 2.42. The van der Waals surface area contributed by atoms with Gasteiger partial charge in [0.15, 0.2) is 5.78 Å². The third-order valence-electron chi connectivity index (χ3n) is 8.80. The first kappa shape index (κ1) is 33.4. The lowest BCUT2D eigenvalue weighted by Crippen LogP contribution is -2.62. The van der Waals surface area contributed by atoms with Gasteiger partial charge in [-0.3, -0.25) is 9.59 Å². The SMILES string of the molecule is CCC/C=C/C(=NC1=C(C)N(c2ccc(C)c(Cl)c2)CC1(C)C)C(=O)N1CCN(c2cc(C)c(C(C)=O)c(C)n2)CC1(C)C. The number of rotatable bonds is 8. The van der Waals surface area contributed by atoms with E-state index in [1.54, 1.807) is 6.92 Å². The van der Waals surface area contributed by atoms with Crippen LogP contribution < -0.4 is 9.80 Å². The van der Waals surface area contributed by atoms with Crippen molar-refractivity contribution in [3.05, 3.63) is 75.2 Å². The van der Waals surface area contributed by atoms with E-state index in [-0.39, 0.29) is 17.1 Å². The van der Waals surface area contributed by atoms with Crippen LogP contribution in [0.25, 0.3) is 0 Å². The van der Waals surface area contributed by atoms with E-state index in [0.717, 1.165) is 64.1 Å². The van der Waals surface area contributed by atoms with E-state index in [9.17, 15) is 9.59 Å². The van der Waals surface area contributed by atoms with Crippen molar-refractivity contribution in [3.63, 3.8) is 0 Å². The van der Waals surface area contributed by atoms with Gasteiger partial charge in [0.1, 0.15) is 11.5 Å². The summed E-state index contributed by atoms with van der Waals surface area (Å²) in [4.78, 5) is 42.8. The number of piperazine rings is 1. The molecule has 44 heavy (non-hydrogen) atoms. The van der Waals surface area contributed by atoms with E-state index in [1.807, 2.05) is 49.9 Å². The summed E-state index contributed by atoms with van der Waals surface area (Å²) in [5.74, 6) is 0.799. The zero-order chi connectivity index (χ0) is 32.6. The number of aliphatic imine (C=N–C) groups is 1. The van der Waals surface area contributed by atoms with Gasteiger partial charge < -0.3 is 14.7 Å². The fourth-order valence-corrected chi connectivity index (χ4v) is 6.66. The molecule has 0 N–H and O–H groups in total. The zero-order valence-corrected chi connectivity index (χ0v) is 28.9. The van der Waals surface area contributed by atoms with Crippen molar-refractivity contribution in [2.45, 2.75) is 87.6 Å². The Morgan fingerprint density at radius 2 is 1.73 bits per heavy atom. The molecular weight excluding hydrogens is 570 g/mol. The number of carbonyl (C=O) groups is 2. The first-order valence-corrected chi connectivity index (χ1v) is 16.0. The van der Waals surface area contributed by atoms with E-state index < -0.39 is 5.54 Å². The van der Waals surface area contributed by atoms with Crippen LogP contribution in [0.3, 0.4) is 0 Å². The molecule has 1 fully saturated rings. The number of hydrogen-bond donors (Lipinski definition) is 0. The molecule has 236 valence electrons. The number of unbranched alkanes of at least 4 members (excludes halogenated alkanes) is 1. The number of halogens is 1. The Hall–Kier alpha value is -3.45. The second kappa shape index (κ2) is 12.9. The van der Waals surface area contributed by atoms with Gasteiger partial charge in [0.25, 0.3) is 5.91 Å². The number of amides is 1. The molecule has 2 aromatic rings. The van der Waals surface area contributed by atoms with Gasteiger partial charge >= 0.3 is 0 Å². The number of hydrogen-bond acceptors (Lipinski definition) is 6. The molecule has 4 rings (SSSR count). The number of Topliss-reactive ketones (excluding diaryl/α,β-unsaturated/α-hetero) is 1. The maximum absolute atomic E-state index is 14.3. The quantitative estimate of drug-likeness (QED) is 0.223. The van der Waals surface area contributed by atoms with E-state index in [1.165, 1.54) is 0 Å². The summed E-state index contributed by atoms with van der Waals surface area (Å²) in [5.41, 5.74) is 6.07. The van der Waals surface area contributed by atoms with Crippen LogP contribution in [0.5, 0.6) is 0 Å². The second-order valence-corrected chi connectivity index (χ2v) is 13.9. The molecule has 0 spiro atoms. The third-order valence-corrected chi connectivity index (χ3v) is 9.21. The van der Waals surface area contributed by atoms with Crippen molar-refractivity contribution < 1.29 is 9.59 Å². The highest BCUT2D eigenvalue weighted by Gasteiger charge is 2.41. The number of nitrogens with zero attached hydrogens (tertiary/aromatic N) is 5. The highest BCUT2D eigenvalue weighted by molar-refractivity contribution is 6.43. The van der Waals surface area contributed by atoms with E-state index >= 15 is 0 Å². The monoisotopic (exact) mass is 617 g/mol. The largest absolute Gasteiger partial charge is 0.352 e. The fourth-order valence-electron chi connectivity index (χ4n) is 6.48. The van der Waals surface area contributed by atoms with Gasteiger partial charge in [-0.1, -0.05) is 50.9 Å². The Kier molecular flexibility index (Phi) is 9.79. The van der Waals surface area contributed by atoms with Crippen molar-refractivity contribution in [1.29, 1.82) is 0 Å². The van der Waals surface area contributed by atoms with Crippen molar-refractivity contribution >= 4 is 40.5 Å². The minimum atomic E-state index is -0.475. The van der Waals surface area contributed by atoms with Gasteiger partial charge in [0.05, 0.1) is 16.9 Å². The van der Waals surface area contributed by atoms with Crippen LogP contribution in [0, 0.1) is 26.2 Å². The number of anilines is 2. The molecule has 1 aromatic carbocycles. The predicted molar refractivity (Wildman–Crippen MR) is 183 cm³/mol. The number of aryl methyl sites for hydroxylation is 3. The topological polar surface area (TPSA) is 69.1 Å². The van der Waals surface area contributed by atoms with Crippen LogP contribution in [-0.2, 0) is 4.79 Å². The number of aromatic nitrogens is 1. The number of pyridine rings is 1. The first-order valence-electron chi connectivity index (χ1n) is 15.6. The molecule has 1 amide bonds. The summed E-state index contributed by atoms with van der Waals surface area (Å²) < 4.78 is 0. The molecule has 1 aromatic heterocycles. The standard InChI is InChI=1S/C36H48ClN5O2/c1-11-12-13-14-30(39-33-26(5)41(21-35(33,7)8)28-16-15-23(2)29(37)20-28)34(44)42-18-17-40(22-36(42,9)10)31-19-24(3)32(27(6)43)25(4)38-31/h13-16,19-20H,11-12,17-18,21-22H2,1-10H3/b14-13+,39-30?. The average molecular weight is 618 g/mol. The summed E-state index contributed by atoms with van der Waals surface area (Å²) in [7, 11) is 0. The zero-order valence-electron chi connectivity index (χ0n) is 28.1. The Balaban J connectivity index is 1.67. The van der Waals surface area contributed by atoms with Gasteiger partial charge in [-0.2, -0.15) is 0 Å². The second-order valence-electron chi connectivity index (χ2n) is 13.5. The van der Waals surface area contributed by atoms with Crippen LogP contribution >= 0.6 is 11.6 Å². The lowest BCUT2D eigenvalue weighted by atomic mass is 9.91. The molecule has 0 atom stereocenters. The fraction of sp³-hybridized carbons (Fsp3) is 0.500. The number of carbonyl (C=O) groups excluding carboxylic acids is 2. The first-order chi connectivity index (χ1) is 20.6. The summed E-state index contributed by atoms with van der Waals surface area (Å²) in [6.45, 7) is 22.7. The summed E-state index contributed by atoms with van der Waals surface area (Å²) in [6.07, 6.45) is 5.83. The molecular formula is C36H48ClN5O2. The summed E-state index contributed by atoms with van der Waals surface area (Å²) in [5, 5.41) is 0.736. The van der Waals surface area contributed by atoms with Crippen molar-refractivity contribution in [3.8, 4) is 0 Å².